The predicted octanol–water partition coefficient (Wildman–Crippen LogP) is 3.61. The number of benzene rings is 1. The van der Waals surface area contributed by atoms with Crippen LogP contribution in [0.15, 0.2) is 30.5 Å². The topological polar surface area (TPSA) is 65.5 Å². The molecule has 0 saturated carbocycles. The van der Waals surface area contributed by atoms with Crippen molar-refractivity contribution in [1.82, 2.24) is 4.98 Å². The summed E-state index contributed by atoms with van der Waals surface area (Å²) in [6, 6.07) is 7.65. The van der Waals surface area contributed by atoms with Crippen molar-refractivity contribution in [1.29, 1.82) is 0 Å². The molecule has 2 aromatic rings. The third-order valence-electron chi connectivity index (χ3n) is 3.87. The highest BCUT2D eigenvalue weighted by molar-refractivity contribution is 9.09. The minimum Gasteiger partial charge on any atom is -0.458 e. The van der Waals surface area contributed by atoms with E-state index >= 15 is 0 Å². The van der Waals surface area contributed by atoms with Crippen LogP contribution in [0.4, 0.5) is 0 Å². The third-order valence-corrected chi connectivity index (χ3v) is 4.70. The zero-order valence-electron chi connectivity index (χ0n) is 12.8. The van der Waals surface area contributed by atoms with E-state index in [-0.39, 0.29) is 4.83 Å². The number of rotatable bonds is 2. The lowest BCUT2D eigenvalue weighted by Crippen LogP contribution is -2.33. The molecular formula is C17H16BrNO4. The van der Waals surface area contributed by atoms with Crippen LogP contribution in [0.3, 0.4) is 0 Å². The first-order valence-corrected chi connectivity index (χ1v) is 8.25. The highest BCUT2D eigenvalue weighted by atomic mass is 79.9. The molecule has 1 heterocycles. The van der Waals surface area contributed by atoms with E-state index in [9.17, 15) is 9.59 Å². The van der Waals surface area contributed by atoms with E-state index < -0.39 is 24.1 Å². The Balaban J connectivity index is 2.14. The van der Waals surface area contributed by atoms with Gasteiger partial charge in [0.05, 0.1) is 5.52 Å². The number of nitrogens with zero attached hydrogens (tertiary/aromatic N) is 1. The molecule has 5 nitrogen and oxygen atoms in total. The number of halogens is 1. The summed E-state index contributed by atoms with van der Waals surface area (Å²) in [5.74, 6) is -0.796. The lowest BCUT2D eigenvalue weighted by atomic mass is 9.84. The molecule has 23 heavy (non-hydrogen) atoms. The van der Waals surface area contributed by atoms with Crippen molar-refractivity contribution in [2.45, 2.75) is 37.3 Å². The zero-order valence-corrected chi connectivity index (χ0v) is 14.4. The van der Waals surface area contributed by atoms with Gasteiger partial charge >= 0.3 is 11.9 Å². The number of fused-ring (bicyclic) bond motifs is 3. The summed E-state index contributed by atoms with van der Waals surface area (Å²) in [6.07, 6.45) is 1.15. The van der Waals surface area contributed by atoms with Crippen LogP contribution in [0.5, 0.6) is 0 Å². The maximum absolute atomic E-state index is 11.5. The fourth-order valence-corrected chi connectivity index (χ4v) is 3.96. The molecule has 3 atom stereocenters. The van der Waals surface area contributed by atoms with E-state index in [2.05, 4.69) is 20.9 Å². The first kappa shape index (κ1) is 15.9. The number of esters is 2. The number of pyridine rings is 1. The summed E-state index contributed by atoms with van der Waals surface area (Å²) in [6.45, 7) is 2.71. The minimum absolute atomic E-state index is 0.0124. The van der Waals surface area contributed by atoms with Gasteiger partial charge in [0.15, 0.2) is 6.10 Å². The zero-order chi connectivity index (χ0) is 16.6. The van der Waals surface area contributed by atoms with Crippen LogP contribution >= 0.6 is 15.9 Å². The Morgan fingerprint density at radius 1 is 1.17 bits per heavy atom. The second kappa shape index (κ2) is 6.28. The average Bonchev–Trinajstić information content (AvgIpc) is 2.49. The molecule has 0 saturated heterocycles. The summed E-state index contributed by atoms with van der Waals surface area (Å²) >= 11 is 3.67. The van der Waals surface area contributed by atoms with Crippen LogP contribution in [-0.2, 0) is 19.1 Å². The van der Waals surface area contributed by atoms with Crippen molar-refractivity contribution in [3.63, 3.8) is 0 Å². The second-order valence-electron chi connectivity index (χ2n) is 5.52. The average molecular weight is 378 g/mol. The maximum Gasteiger partial charge on any atom is 0.303 e. The molecule has 0 bridgehead atoms. The van der Waals surface area contributed by atoms with Crippen LogP contribution in [-0.4, -0.2) is 23.0 Å². The molecule has 1 aliphatic carbocycles. The van der Waals surface area contributed by atoms with Gasteiger partial charge in [0.1, 0.15) is 6.10 Å². The van der Waals surface area contributed by atoms with Gasteiger partial charge in [-0.05, 0) is 17.7 Å². The van der Waals surface area contributed by atoms with Crippen LogP contribution in [0.25, 0.3) is 10.9 Å². The van der Waals surface area contributed by atoms with E-state index in [1.807, 2.05) is 24.3 Å². The first-order valence-electron chi connectivity index (χ1n) is 7.33. The standard InChI is InChI=1S/C17H16BrNO4/c1-9(20)22-15-8-13(18)16-11-4-3-7-19-14(11)6-5-12(16)17(15)23-10(2)21/h3-7,13,15,17H,8H2,1-2H3/t13-,15-,17-/m1/s1. The smallest absolute Gasteiger partial charge is 0.303 e. The van der Waals surface area contributed by atoms with Crippen LogP contribution in [0.1, 0.15) is 42.3 Å². The van der Waals surface area contributed by atoms with Crippen LogP contribution in [0.2, 0.25) is 0 Å². The lowest BCUT2D eigenvalue weighted by Gasteiger charge is -2.35. The Labute approximate surface area is 142 Å². The quantitative estimate of drug-likeness (QED) is 0.590. The van der Waals surface area contributed by atoms with E-state index in [0.717, 1.165) is 22.0 Å². The molecule has 1 aromatic heterocycles. The highest BCUT2D eigenvalue weighted by Crippen LogP contribution is 2.46. The fourth-order valence-electron chi connectivity index (χ4n) is 3.08. The number of ether oxygens (including phenoxy) is 2. The Morgan fingerprint density at radius 3 is 2.61 bits per heavy atom. The molecule has 1 aliphatic rings. The molecule has 0 N–H and O–H groups in total. The van der Waals surface area contributed by atoms with Crippen molar-refractivity contribution in [3.8, 4) is 0 Å². The van der Waals surface area contributed by atoms with E-state index in [1.54, 1.807) is 6.20 Å². The van der Waals surface area contributed by atoms with Gasteiger partial charge in [0, 0.05) is 42.2 Å². The van der Waals surface area contributed by atoms with Gasteiger partial charge in [-0.15, -0.1) is 0 Å². The van der Waals surface area contributed by atoms with Crippen LogP contribution in [0, 0.1) is 0 Å². The van der Waals surface area contributed by atoms with Gasteiger partial charge in [0.25, 0.3) is 0 Å². The fraction of sp³-hybridized carbons (Fsp3) is 0.353. The molecule has 3 rings (SSSR count). The third kappa shape index (κ3) is 3.08. The molecule has 120 valence electrons. The summed E-state index contributed by atoms with van der Waals surface area (Å²) < 4.78 is 10.9. The molecular weight excluding hydrogens is 362 g/mol. The molecule has 0 fully saturated rings. The number of aromatic nitrogens is 1. The van der Waals surface area contributed by atoms with Crippen molar-refractivity contribution >= 4 is 38.8 Å². The van der Waals surface area contributed by atoms with Gasteiger partial charge in [-0.2, -0.15) is 0 Å². The predicted molar refractivity (Wildman–Crippen MR) is 88.1 cm³/mol. The Bertz CT molecular complexity index is 776. The second-order valence-corrected chi connectivity index (χ2v) is 6.63. The summed E-state index contributed by atoms with van der Waals surface area (Å²) in [5, 5.41) is 1.00. The van der Waals surface area contributed by atoms with Gasteiger partial charge < -0.3 is 9.47 Å². The maximum atomic E-state index is 11.5. The summed E-state index contributed by atoms with van der Waals surface area (Å²) in [5.41, 5.74) is 2.76. The van der Waals surface area contributed by atoms with Gasteiger partial charge in [-0.1, -0.05) is 28.1 Å². The number of hydrogen-bond acceptors (Lipinski definition) is 5. The number of carbonyl (C=O) groups excluding carboxylic acids is 2. The van der Waals surface area contributed by atoms with Crippen molar-refractivity contribution < 1.29 is 19.1 Å². The van der Waals surface area contributed by atoms with Crippen molar-refractivity contribution in [2.75, 3.05) is 0 Å². The summed E-state index contributed by atoms with van der Waals surface area (Å²) in [7, 11) is 0. The van der Waals surface area contributed by atoms with E-state index in [1.165, 1.54) is 13.8 Å². The number of alkyl halides is 1. The number of hydrogen-bond donors (Lipinski definition) is 0. The first-order chi connectivity index (χ1) is 11.0. The molecule has 0 aliphatic heterocycles. The minimum atomic E-state index is -0.607. The lowest BCUT2D eigenvalue weighted by molar-refractivity contribution is -0.167. The molecule has 0 spiro atoms. The number of carbonyl (C=O) groups is 2. The normalized spacial score (nSPS) is 23.2. The van der Waals surface area contributed by atoms with Crippen LogP contribution < -0.4 is 0 Å². The largest absolute Gasteiger partial charge is 0.458 e. The van der Waals surface area contributed by atoms with Crippen molar-refractivity contribution in [3.05, 3.63) is 41.6 Å². The molecule has 0 unspecified atom stereocenters. The Hall–Kier alpha value is -1.95. The van der Waals surface area contributed by atoms with E-state index in [4.69, 9.17) is 9.47 Å². The molecule has 6 heteroatoms. The van der Waals surface area contributed by atoms with E-state index in [0.29, 0.717) is 6.42 Å². The van der Waals surface area contributed by atoms with Gasteiger partial charge in [0.2, 0.25) is 0 Å². The summed E-state index contributed by atoms with van der Waals surface area (Å²) in [4.78, 5) is 27.2. The molecule has 1 aromatic carbocycles. The Kier molecular flexibility index (Phi) is 4.35. The van der Waals surface area contributed by atoms with Gasteiger partial charge in [-0.25, -0.2) is 0 Å². The molecule has 0 radical (unpaired) electrons. The van der Waals surface area contributed by atoms with Crippen molar-refractivity contribution in [2.24, 2.45) is 0 Å². The monoisotopic (exact) mass is 377 g/mol. The SMILES string of the molecule is CC(=O)O[C@@H]1c2ccc3ncccc3c2[C@H](Br)C[C@H]1OC(C)=O. The molecule has 0 amide bonds. The highest BCUT2D eigenvalue weighted by Gasteiger charge is 2.39. The Morgan fingerprint density at radius 2 is 1.91 bits per heavy atom. The van der Waals surface area contributed by atoms with Gasteiger partial charge in [-0.3, -0.25) is 14.6 Å².